The average molecular weight is 455 g/mol. The summed E-state index contributed by atoms with van der Waals surface area (Å²) in [5.41, 5.74) is 5.38. The highest BCUT2D eigenvalue weighted by atomic mass is 16.5. The summed E-state index contributed by atoms with van der Waals surface area (Å²) in [4.78, 5) is 23.3. The van der Waals surface area contributed by atoms with Crippen LogP contribution in [0.3, 0.4) is 0 Å². The SMILES string of the molecule is Cc1ccc(NC(=O)N2CCC(=Cc3cccc(Oc4ccc(C5CC5)cn4)c3)C(C)C2)cn1. The van der Waals surface area contributed by atoms with E-state index in [0.29, 0.717) is 24.9 Å². The van der Waals surface area contributed by atoms with Crippen molar-refractivity contribution in [1.29, 1.82) is 0 Å². The first-order chi connectivity index (χ1) is 16.5. The number of carbonyl (C=O) groups excluding carboxylic acids is 1. The van der Waals surface area contributed by atoms with Gasteiger partial charge in [0.15, 0.2) is 0 Å². The number of aromatic nitrogens is 2. The van der Waals surface area contributed by atoms with Gasteiger partial charge in [-0.15, -0.1) is 0 Å². The molecule has 3 heterocycles. The number of hydrogen-bond acceptors (Lipinski definition) is 4. The van der Waals surface area contributed by atoms with Crippen molar-refractivity contribution in [2.24, 2.45) is 5.92 Å². The topological polar surface area (TPSA) is 67.4 Å². The van der Waals surface area contributed by atoms with Crippen LogP contribution in [-0.4, -0.2) is 34.0 Å². The van der Waals surface area contributed by atoms with Crippen LogP contribution in [0.5, 0.6) is 11.6 Å². The number of nitrogens with zero attached hydrogens (tertiary/aromatic N) is 3. The Bertz CT molecular complexity index is 1180. The van der Waals surface area contributed by atoms with Crippen molar-refractivity contribution in [2.45, 2.75) is 39.0 Å². The molecule has 0 radical (unpaired) electrons. The smallest absolute Gasteiger partial charge is 0.321 e. The number of urea groups is 1. The third-order valence-corrected chi connectivity index (χ3v) is 6.49. The number of rotatable bonds is 5. The molecule has 1 aliphatic carbocycles. The fourth-order valence-electron chi connectivity index (χ4n) is 4.31. The summed E-state index contributed by atoms with van der Waals surface area (Å²) in [6.07, 6.45) is 9.22. The molecule has 6 heteroatoms. The second kappa shape index (κ2) is 9.67. The summed E-state index contributed by atoms with van der Waals surface area (Å²) >= 11 is 0. The molecule has 2 amide bonds. The van der Waals surface area contributed by atoms with Crippen LogP contribution in [0.2, 0.25) is 0 Å². The van der Waals surface area contributed by atoms with Gasteiger partial charge in [0, 0.05) is 31.0 Å². The number of anilines is 1. The molecule has 1 aliphatic heterocycles. The van der Waals surface area contributed by atoms with E-state index in [4.69, 9.17) is 4.74 Å². The van der Waals surface area contributed by atoms with Gasteiger partial charge in [-0.1, -0.05) is 36.8 Å². The minimum Gasteiger partial charge on any atom is -0.439 e. The van der Waals surface area contributed by atoms with Crippen LogP contribution in [0.4, 0.5) is 10.5 Å². The van der Waals surface area contributed by atoms with Crippen LogP contribution in [0.1, 0.15) is 48.9 Å². The van der Waals surface area contributed by atoms with E-state index in [-0.39, 0.29) is 11.9 Å². The number of hydrogen-bond donors (Lipinski definition) is 1. The second-order valence-electron chi connectivity index (χ2n) is 9.31. The second-order valence-corrected chi connectivity index (χ2v) is 9.31. The fourth-order valence-corrected chi connectivity index (χ4v) is 4.31. The molecule has 2 aromatic heterocycles. The first-order valence-corrected chi connectivity index (χ1v) is 12.0. The average Bonchev–Trinajstić information content (AvgIpc) is 3.68. The van der Waals surface area contributed by atoms with E-state index in [1.165, 1.54) is 24.0 Å². The molecule has 1 saturated carbocycles. The van der Waals surface area contributed by atoms with Crippen LogP contribution in [0, 0.1) is 12.8 Å². The highest BCUT2D eigenvalue weighted by Gasteiger charge is 2.25. The van der Waals surface area contributed by atoms with Gasteiger partial charge in [0.05, 0.1) is 11.9 Å². The molecule has 0 spiro atoms. The predicted octanol–water partition coefficient (Wildman–Crippen LogP) is 6.41. The number of likely N-dealkylation sites (tertiary alicyclic amines) is 1. The number of benzene rings is 1. The van der Waals surface area contributed by atoms with E-state index in [0.717, 1.165) is 29.1 Å². The van der Waals surface area contributed by atoms with Gasteiger partial charge in [-0.05, 0) is 73.4 Å². The summed E-state index contributed by atoms with van der Waals surface area (Å²) < 4.78 is 6.00. The van der Waals surface area contributed by atoms with Crippen LogP contribution in [-0.2, 0) is 0 Å². The number of piperidine rings is 1. The standard InChI is InChI=1S/C28H30N4O2/c1-19-18-32(28(33)31-25-10-6-20(2)29-17-25)13-12-23(19)14-21-4-3-5-26(15-21)34-27-11-9-24(16-30-27)22-7-8-22/h3-6,9-11,14-17,19,22H,7-8,12-13,18H2,1-2H3,(H,31,33). The molecular weight excluding hydrogens is 424 g/mol. The van der Waals surface area contributed by atoms with E-state index < -0.39 is 0 Å². The molecule has 3 aromatic rings. The largest absolute Gasteiger partial charge is 0.439 e. The first kappa shape index (κ1) is 22.1. The fraction of sp³-hybridized carbons (Fsp3) is 0.321. The maximum Gasteiger partial charge on any atom is 0.321 e. The molecule has 5 rings (SSSR count). The number of carbonyl (C=O) groups is 1. The van der Waals surface area contributed by atoms with Gasteiger partial charge in [0.1, 0.15) is 5.75 Å². The monoisotopic (exact) mass is 454 g/mol. The van der Waals surface area contributed by atoms with E-state index >= 15 is 0 Å². The van der Waals surface area contributed by atoms with Crippen molar-refractivity contribution in [2.75, 3.05) is 18.4 Å². The number of aryl methyl sites for hydroxylation is 1. The quantitative estimate of drug-likeness (QED) is 0.484. The first-order valence-electron chi connectivity index (χ1n) is 12.0. The van der Waals surface area contributed by atoms with E-state index in [2.05, 4.69) is 40.4 Å². The lowest BCUT2D eigenvalue weighted by Crippen LogP contribution is -2.42. The summed E-state index contributed by atoms with van der Waals surface area (Å²) in [5, 5.41) is 2.95. The maximum atomic E-state index is 12.7. The van der Waals surface area contributed by atoms with Crippen LogP contribution < -0.4 is 10.1 Å². The zero-order valence-corrected chi connectivity index (χ0v) is 19.7. The lowest BCUT2D eigenvalue weighted by molar-refractivity contribution is 0.198. The molecule has 34 heavy (non-hydrogen) atoms. The van der Waals surface area contributed by atoms with Crippen molar-refractivity contribution in [1.82, 2.24) is 14.9 Å². The number of nitrogens with one attached hydrogen (secondary N) is 1. The summed E-state index contributed by atoms with van der Waals surface area (Å²) in [5.74, 6) is 2.36. The van der Waals surface area contributed by atoms with Crippen LogP contribution in [0.15, 0.2) is 66.5 Å². The minimum absolute atomic E-state index is 0.0767. The lowest BCUT2D eigenvalue weighted by Gasteiger charge is -2.33. The van der Waals surface area contributed by atoms with Gasteiger partial charge >= 0.3 is 6.03 Å². The molecule has 174 valence electrons. The third-order valence-electron chi connectivity index (χ3n) is 6.49. The Morgan fingerprint density at radius 3 is 2.71 bits per heavy atom. The highest BCUT2D eigenvalue weighted by molar-refractivity contribution is 5.89. The van der Waals surface area contributed by atoms with Crippen molar-refractivity contribution in [3.63, 3.8) is 0 Å². The van der Waals surface area contributed by atoms with Gasteiger partial charge in [-0.2, -0.15) is 0 Å². The number of pyridine rings is 2. The Morgan fingerprint density at radius 1 is 1.12 bits per heavy atom. The molecule has 2 aliphatic rings. The van der Waals surface area contributed by atoms with Crippen LogP contribution in [0.25, 0.3) is 6.08 Å². The molecule has 1 aromatic carbocycles. The van der Waals surface area contributed by atoms with Gasteiger partial charge in [0.2, 0.25) is 5.88 Å². The Hall–Kier alpha value is -3.67. The number of amides is 2. The summed E-state index contributed by atoms with van der Waals surface area (Å²) in [6, 6.07) is 15.8. The molecule has 6 nitrogen and oxygen atoms in total. The number of ether oxygens (including phenoxy) is 1. The van der Waals surface area contributed by atoms with Crippen LogP contribution >= 0.6 is 0 Å². The van der Waals surface area contributed by atoms with Crippen molar-refractivity contribution in [3.05, 3.63) is 83.3 Å². The van der Waals surface area contributed by atoms with Gasteiger partial charge < -0.3 is 15.0 Å². The minimum atomic E-state index is -0.0767. The Balaban J connectivity index is 1.20. The van der Waals surface area contributed by atoms with Crippen molar-refractivity contribution < 1.29 is 9.53 Å². The summed E-state index contributed by atoms with van der Waals surface area (Å²) in [7, 11) is 0. The van der Waals surface area contributed by atoms with Gasteiger partial charge in [0.25, 0.3) is 0 Å². The Morgan fingerprint density at radius 2 is 2.00 bits per heavy atom. The third kappa shape index (κ3) is 5.45. The van der Waals surface area contributed by atoms with Gasteiger partial charge in [-0.25, -0.2) is 9.78 Å². The molecule has 2 fully saturated rings. The summed E-state index contributed by atoms with van der Waals surface area (Å²) in [6.45, 7) is 5.47. The Kier molecular flexibility index (Phi) is 6.30. The van der Waals surface area contributed by atoms with Crippen molar-refractivity contribution >= 4 is 17.8 Å². The molecule has 1 N–H and O–H groups in total. The maximum absolute atomic E-state index is 12.7. The van der Waals surface area contributed by atoms with E-state index in [1.54, 1.807) is 6.20 Å². The van der Waals surface area contributed by atoms with E-state index in [1.807, 2.05) is 54.4 Å². The molecule has 1 atom stereocenters. The molecule has 1 saturated heterocycles. The highest BCUT2D eigenvalue weighted by Crippen LogP contribution is 2.40. The normalized spacial score (nSPS) is 19.2. The lowest BCUT2D eigenvalue weighted by atomic mass is 9.91. The molecular formula is C28H30N4O2. The van der Waals surface area contributed by atoms with Crippen molar-refractivity contribution in [3.8, 4) is 11.6 Å². The molecule has 0 bridgehead atoms. The molecule has 1 unspecified atom stereocenters. The zero-order chi connectivity index (χ0) is 23.5. The van der Waals surface area contributed by atoms with E-state index in [9.17, 15) is 4.79 Å². The van der Waals surface area contributed by atoms with Gasteiger partial charge in [-0.3, -0.25) is 4.98 Å². The predicted molar refractivity (Wildman–Crippen MR) is 134 cm³/mol. The Labute approximate surface area is 200 Å². The zero-order valence-electron chi connectivity index (χ0n) is 19.7.